The zero-order valence-electron chi connectivity index (χ0n) is 15.8. The zero-order chi connectivity index (χ0) is 18.3. The van der Waals surface area contributed by atoms with Crippen molar-refractivity contribution in [3.8, 4) is 0 Å². The van der Waals surface area contributed by atoms with Crippen LogP contribution in [0.3, 0.4) is 0 Å². The summed E-state index contributed by atoms with van der Waals surface area (Å²) in [6, 6.07) is 8.16. The lowest BCUT2D eigenvalue weighted by Gasteiger charge is -2.31. The van der Waals surface area contributed by atoms with Gasteiger partial charge in [0.15, 0.2) is 5.65 Å². The summed E-state index contributed by atoms with van der Waals surface area (Å²) in [5.74, 6) is 0.185. The molecular formula is C20H26ClN5O. The number of nitrogens with two attached hydrogens (primary N) is 1. The Labute approximate surface area is 165 Å². The van der Waals surface area contributed by atoms with E-state index in [0.717, 1.165) is 52.9 Å². The summed E-state index contributed by atoms with van der Waals surface area (Å²) < 4.78 is 1.91. The van der Waals surface area contributed by atoms with Gasteiger partial charge < -0.3 is 10.6 Å². The lowest BCUT2D eigenvalue weighted by atomic mass is 10.0. The molecule has 3 aromatic rings. The number of likely N-dealkylation sites (tertiary alicyclic amines) is 1. The molecule has 1 amide bonds. The molecule has 1 unspecified atom stereocenters. The van der Waals surface area contributed by atoms with E-state index in [-0.39, 0.29) is 24.4 Å². The molecule has 1 aromatic carbocycles. The summed E-state index contributed by atoms with van der Waals surface area (Å²) in [7, 11) is 0. The lowest BCUT2D eigenvalue weighted by molar-refractivity contribution is -0.132. The van der Waals surface area contributed by atoms with Crippen LogP contribution in [-0.2, 0) is 11.2 Å². The van der Waals surface area contributed by atoms with E-state index in [2.05, 4.69) is 12.0 Å². The van der Waals surface area contributed by atoms with E-state index in [4.69, 9.17) is 10.7 Å². The molecule has 0 saturated carbocycles. The number of amides is 1. The molecule has 1 saturated heterocycles. The van der Waals surface area contributed by atoms with E-state index in [9.17, 15) is 4.79 Å². The van der Waals surface area contributed by atoms with Gasteiger partial charge in [-0.15, -0.1) is 12.4 Å². The Morgan fingerprint density at radius 1 is 1.30 bits per heavy atom. The van der Waals surface area contributed by atoms with Gasteiger partial charge in [-0.25, -0.2) is 9.50 Å². The predicted molar refractivity (Wildman–Crippen MR) is 109 cm³/mol. The Bertz CT molecular complexity index is 983. The summed E-state index contributed by atoms with van der Waals surface area (Å²) in [4.78, 5) is 19.3. The van der Waals surface area contributed by atoms with E-state index in [1.54, 1.807) is 0 Å². The van der Waals surface area contributed by atoms with Crippen LogP contribution >= 0.6 is 12.4 Å². The zero-order valence-corrected chi connectivity index (χ0v) is 16.6. The molecule has 1 aliphatic rings. The van der Waals surface area contributed by atoms with Crippen molar-refractivity contribution in [1.29, 1.82) is 0 Å². The Hall–Kier alpha value is -2.18. The number of carbonyl (C=O) groups excluding carboxylic acids is 1. The second kappa shape index (κ2) is 7.82. The van der Waals surface area contributed by atoms with Crippen molar-refractivity contribution in [3.05, 3.63) is 41.2 Å². The van der Waals surface area contributed by atoms with Crippen LogP contribution in [-0.4, -0.2) is 44.5 Å². The number of hydrogen-bond donors (Lipinski definition) is 1. The van der Waals surface area contributed by atoms with Crippen LogP contribution in [0.4, 0.5) is 0 Å². The van der Waals surface area contributed by atoms with Crippen molar-refractivity contribution in [3.63, 3.8) is 0 Å². The highest BCUT2D eigenvalue weighted by atomic mass is 35.5. The second-order valence-electron chi connectivity index (χ2n) is 7.26. The van der Waals surface area contributed by atoms with Crippen LogP contribution in [0.25, 0.3) is 16.6 Å². The highest BCUT2D eigenvalue weighted by Gasteiger charge is 2.22. The van der Waals surface area contributed by atoms with Gasteiger partial charge in [-0.05, 0) is 50.8 Å². The number of halogens is 1. The van der Waals surface area contributed by atoms with E-state index < -0.39 is 0 Å². The SMILES string of the molecule is Cc1nc2c3ccccc3nn2c(C)c1CCC(=O)N1CCCC(N)C1.Cl. The van der Waals surface area contributed by atoms with Gasteiger partial charge in [-0.1, -0.05) is 12.1 Å². The fourth-order valence-corrected chi connectivity index (χ4v) is 3.96. The minimum atomic E-state index is 0. The standard InChI is InChI=1S/C20H25N5O.ClH/c1-13-16(9-10-19(26)24-11-5-6-15(21)12-24)14(2)25-20(22-13)17-7-3-4-8-18(17)23-25;/h3-4,7-8,15H,5-6,9-12,21H2,1-2H3;1H. The monoisotopic (exact) mass is 387 g/mol. The first kappa shape index (κ1) is 19.6. The van der Waals surface area contributed by atoms with Crippen molar-refractivity contribution in [2.45, 2.75) is 45.6 Å². The Morgan fingerprint density at radius 3 is 2.85 bits per heavy atom. The Kier molecular flexibility index (Phi) is 5.67. The topological polar surface area (TPSA) is 76.5 Å². The summed E-state index contributed by atoms with van der Waals surface area (Å²) in [5.41, 5.74) is 11.0. The van der Waals surface area contributed by atoms with Gasteiger partial charge >= 0.3 is 0 Å². The number of rotatable bonds is 3. The molecule has 4 rings (SSSR count). The van der Waals surface area contributed by atoms with Gasteiger partial charge in [-0.2, -0.15) is 5.10 Å². The number of hydrogen-bond acceptors (Lipinski definition) is 4. The molecule has 7 heteroatoms. The minimum absolute atomic E-state index is 0. The maximum Gasteiger partial charge on any atom is 0.222 e. The molecule has 1 aliphatic heterocycles. The Morgan fingerprint density at radius 2 is 2.07 bits per heavy atom. The third-order valence-electron chi connectivity index (χ3n) is 5.42. The average Bonchev–Trinajstić information content (AvgIpc) is 3.00. The number of carbonyl (C=O) groups is 1. The summed E-state index contributed by atoms with van der Waals surface area (Å²) in [6.45, 7) is 5.58. The smallest absolute Gasteiger partial charge is 0.222 e. The van der Waals surface area contributed by atoms with Crippen molar-refractivity contribution in [2.24, 2.45) is 5.73 Å². The van der Waals surface area contributed by atoms with Crippen molar-refractivity contribution < 1.29 is 4.79 Å². The molecule has 6 nitrogen and oxygen atoms in total. The molecule has 144 valence electrons. The molecular weight excluding hydrogens is 362 g/mol. The fourth-order valence-electron chi connectivity index (χ4n) is 3.96. The first-order valence-corrected chi connectivity index (χ1v) is 9.31. The van der Waals surface area contributed by atoms with Gasteiger partial charge in [0.2, 0.25) is 5.91 Å². The molecule has 27 heavy (non-hydrogen) atoms. The molecule has 1 atom stereocenters. The van der Waals surface area contributed by atoms with Gasteiger partial charge in [-0.3, -0.25) is 4.79 Å². The maximum absolute atomic E-state index is 12.6. The number of fused-ring (bicyclic) bond motifs is 3. The molecule has 0 radical (unpaired) electrons. The normalized spacial score (nSPS) is 17.3. The predicted octanol–water partition coefficient (Wildman–Crippen LogP) is 2.80. The highest BCUT2D eigenvalue weighted by Crippen LogP contribution is 2.23. The minimum Gasteiger partial charge on any atom is -0.341 e. The highest BCUT2D eigenvalue weighted by molar-refractivity contribution is 5.92. The van der Waals surface area contributed by atoms with Crippen LogP contribution in [0.15, 0.2) is 24.3 Å². The van der Waals surface area contributed by atoms with Gasteiger partial charge in [0.1, 0.15) is 0 Å². The largest absolute Gasteiger partial charge is 0.341 e. The first-order chi connectivity index (χ1) is 12.5. The van der Waals surface area contributed by atoms with Crippen LogP contribution in [0.5, 0.6) is 0 Å². The van der Waals surface area contributed by atoms with Crippen molar-refractivity contribution >= 4 is 34.9 Å². The number of nitrogens with zero attached hydrogens (tertiary/aromatic N) is 4. The van der Waals surface area contributed by atoms with Crippen molar-refractivity contribution in [2.75, 3.05) is 13.1 Å². The third kappa shape index (κ3) is 3.64. The van der Waals surface area contributed by atoms with Crippen LogP contribution < -0.4 is 5.73 Å². The number of aryl methyl sites for hydroxylation is 2. The van der Waals surface area contributed by atoms with Crippen molar-refractivity contribution in [1.82, 2.24) is 19.5 Å². The van der Waals surface area contributed by atoms with Crippen LogP contribution in [0.2, 0.25) is 0 Å². The number of aromatic nitrogens is 3. The van der Waals surface area contributed by atoms with Gasteiger partial charge in [0, 0.05) is 42.3 Å². The molecule has 3 heterocycles. The summed E-state index contributed by atoms with van der Waals surface area (Å²) in [5, 5.41) is 5.74. The third-order valence-corrected chi connectivity index (χ3v) is 5.42. The van der Waals surface area contributed by atoms with Gasteiger partial charge in [0.25, 0.3) is 0 Å². The van der Waals surface area contributed by atoms with Crippen LogP contribution in [0, 0.1) is 13.8 Å². The maximum atomic E-state index is 12.6. The molecule has 0 spiro atoms. The Balaban J connectivity index is 0.00000210. The fraction of sp³-hybridized carbons (Fsp3) is 0.450. The van der Waals surface area contributed by atoms with E-state index in [1.807, 2.05) is 40.6 Å². The van der Waals surface area contributed by atoms with E-state index >= 15 is 0 Å². The van der Waals surface area contributed by atoms with E-state index in [0.29, 0.717) is 19.4 Å². The second-order valence-corrected chi connectivity index (χ2v) is 7.26. The summed E-state index contributed by atoms with van der Waals surface area (Å²) in [6.07, 6.45) is 3.18. The van der Waals surface area contributed by atoms with Crippen LogP contribution in [0.1, 0.15) is 36.2 Å². The van der Waals surface area contributed by atoms with E-state index in [1.165, 1.54) is 0 Å². The molecule has 2 aromatic heterocycles. The molecule has 2 N–H and O–H groups in total. The first-order valence-electron chi connectivity index (χ1n) is 9.31. The number of benzene rings is 1. The summed E-state index contributed by atoms with van der Waals surface area (Å²) >= 11 is 0. The molecule has 0 bridgehead atoms. The average molecular weight is 388 g/mol. The molecule has 0 aliphatic carbocycles. The quantitative estimate of drug-likeness (QED) is 0.749. The number of piperidine rings is 1. The van der Waals surface area contributed by atoms with Gasteiger partial charge in [0.05, 0.1) is 5.52 Å². The lowest BCUT2D eigenvalue weighted by Crippen LogP contribution is -2.45. The molecule has 1 fully saturated rings.